The number of imidazole rings is 1. The minimum absolute atomic E-state index is 0.534. The molecule has 2 aromatic heterocycles. The van der Waals surface area contributed by atoms with Crippen molar-refractivity contribution < 1.29 is 14.3 Å². The van der Waals surface area contributed by atoms with Crippen molar-refractivity contribution in [3.8, 4) is 11.4 Å². The molecule has 0 spiro atoms. The third-order valence-electron chi connectivity index (χ3n) is 5.40. The minimum Gasteiger partial charge on any atom is -0.495 e. The number of hydrogen-bond acceptors (Lipinski definition) is 7. The van der Waals surface area contributed by atoms with Crippen LogP contribution in [0.15, 0.2) is 53.8 Å². The molecule has 0 bridgehead atoms. The van der Waals surface area contributed by atoms with Crippen LogP contribution in [0.3, 0.4) is 0 Å². The quantitative estimate of drug-likeness (QED) is 0.564. The van der Waals surface area contributed by atoms with Gasteiger partial charge in [0.2, 0.25) is 11.6 Å². The molecule has 1 aromatic carbocycles. The number of rotatable bonds is 4. The molecule has 0 N–H and O–H groups in total. The van der Waals surface area contributed by atoms with Gasteiger partial charge in [-0.05, 0) is 42.8 Å². The molecular weight excluding hydrogens is 436 g/mol. The van der Waals surface area contributed by atoms with Gasteiger partial charge in [0, 0.05) is 13.1 Å². The van der Waals surface area contributed by atoms with Gasteiger partial charge in [-0.1, -0.05) is 22.8 Å². The number of ether oxygens (including phenoxy) is 2. The molecule has 0 radical (unpaired) electrons. The highest BCUT2D eigenvalue weighted by molar-refractivity contribution is 7.16. The first-order valence-corrected chi connectivity index (χ1v) is 11.0. The maximum atomic E-state index is 6.15. The SMILES string of the molecule is COc1cc(C=C2OCCN3C2=NOC3(C)c2ccc(Cl)s2)ccc1-n1cnc(C)c1. The molecule has 7 nitrogen and oxygen atoms in total. The van der Waals surface area contributed by atoms with Crippen molar-refractivity contribution in [2.45, 2.75) is 19.6 Å². The van der Waals surface area contributed by atoms with Crippen molar-refractivity contribution in [1.82, 2.24) is 14.5 Å². The summed E-state index contributed by atoms with van der Waals surface area (Å²) in [6, 6.07) is 9.83. The van der Waals surface area contributed by atoms with Gasteiger partial charge in [0.05, 0.1) is 40.6 Å². The monoisotopic (exact) mass is 456 g/mol. The summed E-state index contributed by atoms with van der Waals surface area (Å²) >= 11 is 7.64. The van der Waals surface area contributed by atoms with E-state index < -0.39 is 5.72 Å². The number of halogens is 1. The van der Waals surface area contributed by atoms with Crippen LogP contribution in [0.5, 0.6) is 5.75 Å². The fourth-order valence-electron chi connectivity index (χ4n) is 3.79. The van der Waals surface area contributed by atoms with Crippen LogP contribution in [-0.4, -0.2) is 40.5 Å². The zero-order valence-corrected chi connectivity index (χ0v) is 18.9. The maximum absolute atomic E-state index is 6.15. The van der Waals surface area contributed by atoms with E-state index in [0.717, 1.165) is 31.9 Å². The first kappa shape index (κ1) is 20.0. The van der Waals surface area contributed by atoms with Gasteiger partial charge in [-0.3, -0.25) is 0 Å². The summed E-state index contributed by atoms with van der Waals surface area (Å²) in [7, 11) is 1.66. The number of aryl methyl sites for hydroxylation is 1. The molecule has 31 heavy (non-hydrogen) atoms. The van der Waals surface area contributed by atoms with Gasteiger partial charge in [0.25, 0.3) is 0 Å². The number of morpholine rings is 1. The number of nitrogens with zero attached hydrogens (tertiary/aromatic N) is 4. The van der Waals surface area contributed by atoms with Crippen molar-refractivity contribution in [3.05, 3.63) is 69.1 Å². The van der Waals surface area contributed by atoms with Crippen LogP contribution in [0.2, 0.25) is 4.34 Å². The van der Waals surface area contributed by atoms with E-state index in [2.05, 4.69) is 15.0 Å². The maximum Gasteiger partial charge on any atom is 0.243 e. The van der Waals surface area contributed by atoms with Crippen LogP contribution >= 0.6 is 22.9 Å². The molecule has 3 aromatic rings. The third-order valence-corrected chi connectivity index (χ3v) is 6.82. The van der Waals surface area contributed by atoms with Crippen molar-refractivity contribution in [3.63, 3.8) is 0 Å². The lowest BCUT2D eigenvalue weighted by molar-refractivity contribution is -0.0940. The highest BCUT2D eigenvalue weighted by Gasteiger charge is 2.47. The highest BCUT2D eigenvalue weighted by Crippen LogP contribution is 2.42. The molecule has 0 aliphatic carbocycles. The van der Waals surface area contributed by atoms with Crippen LogP contribution in [-0.2, 0) is 15.3 Å². The average molecular weight is 457 g/mol. The van der Waals surface area contributed by atoms with Crippen molar-refractivity contribution in [1.29, 1.82) is 0 Å². The zero-order valence-electron chi connectivity index (χ0n) is 17.3. The number of thiophene rings is 1. The second-order valence-electron chi connectivity index (χ2n) is 7.46. The van der Waals surface area contributed by atoms with E-state index in [1.807, 2.05) is 61.0 Å². The Morgan fingerprint density at radius 2 is 2.16 bits per heavy atom. The number of methoxy groups -OCH3 is 1. The lowest BCUT2D eigenvalue weighted by Gasteiger charge is -2.36. The lowest BCUT2D eigenvalue weighted by Crippen LogP contribution is -2.48. The van der Waals surface area contributed by atoms with Gasteiger partial charge in [0.15, 0.2) is 5.76 Å². The Morgan fingerprint density at radius 1 is 1.29 bits per heavy atom. The summed E-state index contributed by atoms with van der Waals surface area (Å²) in [5.41, 5.74) is 2.10. The molecule has 9 heteroatoms. The molecule has 4 heterocycles. The highest BCUT2D eigenvalue weighted by atomic mass is 35.5. The second-order valence-corrected chi connectivity index (χ2v) is 9.17. The summed E-state index contributed by atoms with van der Waals surface area (Å²) in [6.07, 6.45) is 5.68. The normalized spacial score (nSPS) is 21.5. The molecule has 1 unspecified atom stereocenters. The number of hydrogen-bond donors (Lipinski definition) is 0. The Bertz CT molecular complexity index is 1200. The fraction of sp³-hybridized carbons (Fsp3) is 0.273. The summed E-state index contributed by atoms with van der Waals surface area (Å²) in [5.74, 6) is 2.07. The first-order valence-electron chi connectivity index (χ1n) is 9.81. The average Bonchev–Trinajstić information content (AvgIpc) is 3.48. The Kier molecular flexibility index (Phi) is 4.91. The Hall–Kier alpha value is -2.97. The number of amidine groups is 1. The van der Waals surface area contributed by atoms with E-state index in [1.54, 1.807) is 13.4 Å². The van der Waals surface area contributed by atoms with Crippen LogP contribution in [0.4, 0.5) is 0 Å². The van der Waals surface area contributed by atoms with Gasteiger partial charge in [-0.25, -0.2) is 4.98 Å². The summed E-state index contributed by atoms with van der Waals surface area (Å²) in [5, 5.41) is 4.35. The smallest absolute Gasteiger partial charge is 0.243 e. The minimum atomic E-state index is -0.698. The van der Waals surface area contributed by atoms with Crippen LogP contribution < -0.4 is 4.74 Å². The van der Waals surface area contributed by atoms with E-state index in [-0.39, 0.29) is 0 Å². The van der Waals surface area contributed by atoms with Crippen LogP contribution in [0.1, 0.15) is 23.1 Å². The molecule has 1 saturated heterocycles. The van der Waals surface area contributed by atoms with E-state index in [1.165, 1.54) is 11.3 Å². The van der Waals surface area contributed by atoms with E-state index in [9.17, 15) is 0 Å². The fourth-order valence-corrected chi connectivity index (χ4v) is 4.92. The van der Waals surface area contributed by atoms with Gasteiger partial charge in [0.1, 0.15) is 12.4 Å². The van der Waals surface area contributed by atoms with Gasteiger partial charge < -0.3 is 23.8 Å². The van der Waals surface area contributed by atoms with E-state index in [0.29, 0.717) is 24.7 Å². The molecule has 1 fully saturated rings. The lowest BCUT2D eigenvalue weighted by atomic mass is 10.1. The Balaban J connectivity index is 1.46. The molecule has 2 aliphatic rings. The van der Waals surface area contributed by atoms with Crippen molar-refractivity contribution in [2.75, 3.05) is 20.3 Å². The number of aromatic nitrogens is 2. The standard InChI is InChI=1S/C22H21ClN4O3S/c1-14-12-26(13-24-14)16-5-4-15(10-17(16)28-3)11-18-21-25-30-22(2,27(21)8-9-29-18)19-6-7-20(23)31-19/h4-7,10-13H,8-9H2,1-3H3. The molecule has 1 atom stereocenters. The van der Waals surface area contributed by atoms with Gasteiger partial charge in [-0.15, -0.1) is 11.3 Å². The number of fused-ring (bicyclic) bond motifs is 1. The molecule has 2 aliphatic heterocycles. The van der Waals surface area contributed by atoms with Crippen molar-refractivity contribution in [2.24, 2.45) is 5.16 Å². The Labute approximate surface area is 189 Å². The molecule has 160 valence electrons. The summed E-state index contributed by atoms with van der Waals surface area (Å²) in [6.45, 7) is 5.16. The largest absolute Gasteiger partial charge is 0.495 e. The Morgan fingerprint density at radius 3 is 2.87 bits per heavy atom. The topological polar surface area (TPSA) is 61.1 Å². The molecule has 0 saturated carbocycles. The van der Waals surface area contributed by atoms with Crippen LogP contribution in [0, 0.1) is 6.92 Å². The summed E-state index contributed by atoms with van der Waals surface area (Å²) in [4.78, 5) is 13.3. The van der Waals surface area contributed by atoms with Gasteiger partial charge in [-0.2, -0.15) is 0 Å². The first-order chi connectivity index (χ1) is 15.0. The predicted octanol–water partition coefficient (Wildman–Crippen LogP) is 4.79. The molecular formula is C22H21ClN4O3S. The van der Waals surface area contributed by atoms with Gasteiger partial charge >= 0.3 is 0 Å². The predicted molar refractivity (Wildman–Crippen MR) is 121 cm³/mol. The molecule has 5 rings (SSSR count). The number of benzene rings is 1. The number of oxime groups is 1. The molecule has 0 amide bonds. The van der Waals surface area contributed by atoms with Crippen molar-refractivity contribution >= 4 is 34.8 Å². The van der Waals surface area contributed by atoms with E-state index >= 15 is 0 Å². The van der Waals surface area contributed by atoms with Crippen LogP contribution in [0.25, 0.3) is 11.8 Å². The second kappa shape index (κ2) is 7.62. The van der Waals surface area contributed by atoms with E-state index in [4.69, 9.17) is 25.9 Å². The third kappa shape index (κ3) is 3.45. The zero-order chi connectivity index (χ0) is 21.6. The summed E-state index contributed by atoms with van der Waals surface area (Å²) < 4.78 is 14.2.